The lowest BCUT2D eigenvalue weighted by atomic mass is 9.90. The van der Waals surface area contributed by atoms with Crippen molar-refractivity contribution in [2.45, 2.75) is 39.7 Å². The molecule has 1 heterocycles. The largest absolute Gasteiger partial charge is 0.368 e. The van der Waals surface area contributed by atoms with Crippen molar-refractivity contribution in [3.8, 4) is 0 Å². The van der Waals surface area contributed by atoms with Gasteiger partial charge in [-0.1, -0.05) is 32.0 Å². The molecule has 0 amide bonds. The van der Waals surface area contributed by atoms with Crippen LogP contribution in [0.1, 0.15) is 32.8 Å². The maximum atomic E-state index is 4.47. The molecule has 0 fully saturated rings. The van der Waals surface area contributed by atoms with E-state index in [2.05, 4.69) is 62.6 Å². The van der Waals surface area contributed by atoms with E-state index in [-0.39, 0.29) is 5.41 Å². The second-order valence-electron chi connectivity index (χ2n) is 5.97. The summed E-state index contributed by atoms with van der Waals surface area (Å²) in [6.07, 6.45) is 2.48. The first kappa shape index (κ1) is 12.8. The van der Waals surface area contributed by atoms with E-state index in [9.17, 15) is 0 Å². The van der Waals surface area contributed by atoms with Crippen LogP contribution in [0, 0.1) is 5.41 Å². The van der Waals surface area contributed by atoms with Crippen molar-refractivity contribution >= 4 is 18.3 Å². The van der Waals surface area contributed by atoms with E-state index < -0.39 is 0 Å². The van der Waals surface area contributed by atoms with E-state index in [1.54, 1.807) is 0 Å². The molecule has 1 aromatic carbocycles. The Morgan fingerprint density at radius 1 is 1.35 bits per heavy atom. The molecule has 0 saturated heterocycles. The van der Waals surface area contributed by atoms with Crippen molar-refractivity contribution in [2.75, 3.05) is 17.2 Å². The number of hydrogen-bond acceptors (Lipinski definition) is 2. The summed E-state index contributed by atoms with van der Waals surface area (Å²) >= 11 is 4.47. The van der Waals surface area contributed by atoms with Gasteiger partial charge in [-0.2, -0.15) is 12.6 Å². The summed E-state index contributed by atoms with van der Waals surface area (Å²) in [6, 6.07) is 9.47. The minimum atomic E-state index is 0.266. The van der Waals surface area contributed by atoms with Crippen LogP contribution >= 0.6 is 12.6 Å². The maximum absolute atomic E-state index is 4.47. The number of thiol groups is 1. The van der Waals surface area contributed by atoms with Crippen LogP contribution in [0.2, 0.25) is 0 Å². The predicted octanol–water partition coefficient (Wildman–Crippen LogP) is 3.78. The van der Waals surface area contributed by atoms with E-state index in [0.717, 1.165) is 12.3 Å². The lowest BCUT2D eigenvalue weighted by molar-refractivity contribution is 0.392. The molecule has 1 aliphatic heterocycles. The number of anilines is 1. The van der Waals surface area contributed by atoms with Crippen LogP contribution in [0.15, 0.2) is 24.3 Å². The maximum Gasteiger partial charge on any atom is 0.0401 e. The van der Waals surface area contributed by atoms with Gasteiger partial charge in [0, 0.05) is 18.3 Å². The van der Waals surface area contributed by atoms with E-state index in [1.165, 1.54) is 24.1 Å². The molecule has 0 bridgehead atoms. The highest BCUT2D eigenvalue weighted by Crippen LogP contribution is 2.33. The zero-order valence-corrected chi connectivity index (χ0v) is 12.0. The second kappa shape index (κ2) is 4.93. The van der Waals surface area contributed by atoms with Crippen molar-refractivity contribution in [1.82, 2.24) is 0 Å². The summed E-state index contributed by atoms with van der Waals surface area (Å²) in [4.78, 5) is 2.56. The van der Waals surface area contributed by atoms with E-state index in [4.69, 9.17) is 0 Å². The first-order valence-corrected chi connectivity index (χ1v) is 7.12. The van der Waals surface area contributed by atoms with Gasteiger partial charge in [-0.25, -0.2) is 0 Å². The van der Waals surface area contributed by atoms with Crippen molar-refractivity contribution in [1.29, 1.82) is 0 Å². The van der Waals surface area contributed by atoms with Gasteiger partial charge in [-0.05, 0) is 42.6 Å². The summed E-state index contributed by atoms with van der Waals surface area (Å²) in [7, 11) is 0. The molecule has 17 heavy (non-hydrogen) atoms. The molecule has 2 heteroatoms. The Bertz CT molecular complexity index is 386. The van der Waals surface area contributed by atoms with Crippen molar-refractivity contribution in [3.63, 3.8) is 0 Å². The van der Waals surface area contributed by atoms with E-state index in [0.29, 0.717) is 6.04 Å². The molecule has 0 saturated carbocycles. The highest BCUT2D eigenvalue weighted by atomic mass is 32.1. The topological polar surface area (TPSA) is 3.24 Å². The SMILES string of the molecule is CC1CCc2ccccc2N1CC(C)(C)CS. The first-order valence-electron chi connectivity index (χ1n) is 6.49. The number of para-hydroxylation sites is 1. The standard InChI is InChI=1S/C15H23NS/c1-12-8-9-13-6-4-5-7-14(13)16(12)10-15(2,3)11-17/h4-7,12,17H,8-11H2,1-3H3. The first-order chi connectivity index (χ1) is 8.03. The van der Waals surface area contributed by atoms with Gasteiger partial charge in [-0.15, -0.1) is 0 Å². The summed E-state index contributed by atoms with van der Waals surface area (Å²) in [5, 5.41) is 0. The van der Waals surface area contributed by atoms with E-state index >= 15 is 0 Å². The predicted molar refractivity (Wildman–Crippen MR) is 79.2 cm³/mol. The average molecular weight is 249 g/mol. The van der Waals surface area contributed by atoms with Crippen LogP contribution in [0.25, 0.3) is 0 Å². The fourth-order valence-corrected chi connectivity index (χ4v) is 2.61. The van der Waals surface area contributed by atoms with Crippen molar-refractivity contribution in [3.05, 3.63) is 29.8 Å². The Labute approximate surface area is 111 Å². The summed E-state index contributed by atoms with van der Waals surface area (Å²) in [5.74, 6) is 0.929. The number of fused-ring (bicyclic) bond motifs is 1. The van der Waals surface area contributed by atoms with Gasteiger partial charge in [0.25, 0.3) is 0 Å². The molecular formula is C15H23NS. The number of nitrogens with zero attached hydrogens (tertiary/aromatic N) is 1. The third-order valence-corrected chi connectivity index (χ3v) is 4.55. The number of benzene rings is 1. The highest BCUT2D eigenvalue weighted by molar-refractivity contribution is 7.80. The van der Waals surface area contributed by atoms with Crippen LogP contribution in [0.4, 0.5) is 5.69 Å². The average Bonchev–Trinajstić information content (AvgIpc) is 2.33. The molecule has 1 aliphatic rings. The molecule has 1 aromatic rings. The Morgan fingerprint density at radius 3 is 2.76 bits per heavy atom. The van der Waals surface area contributed by atoms with E-state index in [1.807, 2.05) is 0 Å². The Kier molecular flexibility index (Phi) is 3.72. The third kappa shape index (κ3) is 2.79. The molecule has 1 atom stereocenters. The Hall–Kier alpha value is -0.630. The Balaban J connectivity index is 2.27. The van der Waals surface area contributed by atoms with Gasteiger partial charge in [0.05, 0.1) is 0 Å². The normalized spacial score (nSPS) is 20.2. The number of rotatable bonds is 3. The van der Waals surface area contributed by atoms with Gasteiger partial charge < -0.3 is 4.90 Å². The molecule has 0 aliphatic carbocycles. The van der Waals surface area contributed by atoms with Crippen LogP contribution < -0.4 is 4.90 Å². The summed E-state index contributed by atoms with van der Waals surface area (Å²) in [5.41, 5.74) is 3.20. The smallest absolute Gasteiger partial charge is 0.0401 e. The minimum absolute atomic E-state index is 0.266. The lowest BCUT2D eigenvalue weighted by Gasteiger charge is -2.41. The molecule has 0 aromatic heterocycles. The van der Waals surface area contributed by atoms with Gasteiger partial charge in [0.15, 0.2) is 0 Å². The fourth-order valence-electron chi connectivity index (χ4n) is 2.51. The quantitative estimate of drug-likeness (QED) is 0.798. The highest BCUT2D eigenvalue weighted by Gasteiger charge is 2.27. The number of hydrogen-bond donors (Lipinski definition) is 1. The minimum Gasteiger partial charge on any atom is -0.368 e. The van der Waals surface area contributed by atoms with Gasteiger partial charge in [-0.3, -0.25) is 0 Å². The molecule has 94 valence electrons. The van der Waals surface area contributed by atoms with Crippen molar-refractivity contribution in [2.24, 2.45) is 5.41 Å². The van der Waals surface area contributed by atoms with Gasteiger partial charge in [0.1, 0.15) is 0 Å². The molecule has 1 unspecified atom stereocenters. The van der Waals surface area contributed by atoms with Gasteiger partial charge >= 0.3 is 0 Å². The van der Waals surface area contributed by atoms with Crippen LogP contribution in [-0.4, -0.2) is 18.3 Å². The zero-order chi connectivity index (χ0) is 12.5. The summed E-state index contributed by atoms with van der Waals surface area (Å²) in [6.45, 7) is 8.02. The van der Waals surface area contributed by atoms with Gasteiger partial charge in [0.2, 0.25) is 0 Å². The molecule has 0 radical (unpaired) electrons. The molecule has 0 spiro atoms. The van der Waals surface area contributed by atoms with Crippen LogP contribution in [0.5, 0.6) is 0 Å². The fraction of sp³-hybridized carbons (Fsp3) is 0.600. The lowest BCUT2D eigenvalue weighted by Crippen LogP contribution is -2.43. The number of aryl methyl sites for hydroxylation is 1. The molecule has 0 N–H and O–H groups in total. The zero-order valence-electron chi connectivity index (χ0n) is 11.1. The molecular weight excluding hydrogens is 226 g/mol. The molecule has 2 rings (SSSR count). The second-order valence-corrected chi connectivity index (χ2v) is 6.28. The third-order valence-electron chi connectivity index (χ3n) is 3.69. The van der Waals surface area contributed by atoms with Crippen molar-refractivity contribution < 1.29 is 0 Å². The summed E-state index contributed by atoms with van der Waals surface area (Å²) < 4.78 is 0. The van der Waals surface area contributed by atoms with Crippen LogP contribution in [0.3, 0.4) is 0 Å². The van der Waals surface area contributed by atoms with Crippen LogP contribution in [-0.2, 0) is 6.42 Å². The molecule has 1 nitrogen and oxygen atoms in total. The Morgan fingerprint density at radius 2 is 2.06 bits per heavy atom. The monoisotopic (exact) mass is 249 g/mol.